The van der Waals surface area contributed by atoms with Gasteiger partial charge in [-0.05, 0) is 32.6 Å². The van der Waals surface area contributed by atoms with Crippen LogP contribution in [0.4, 0.5) is 11.8 Å². The van der Waals surface area contributed by atoms with Crippen LogP contribution in [0.25, 0.3) is 0 Å². The number of hydrogen-bond donors (Lipinski definition) is 2. The first-order valence-electron chi connectivity index (χ1n) is 7.00. The van der Waals surface area contributed by atoms with Crippen LogP contribution in [0, 0.1) is 6.92 Å². The number of nitrogens with one attached hydrogen (secondary N) is 2. The summed E-state index contributed by atoms with van der Waals surface area (Å²) < 4.78 is 0. The summed E-state index contributed by atoms with van der Waals surface area (Å²) in [6.45, 7) is 4.42. The molecule has 6 heteroatoms. The van der Waals surface area contributed by atoms with Crippen molar-refractivity contribution in [3.8, 4) is 0 Å². The van der Waals surface area contributed by atoms with Crippen LogP contribution in [0.5, 0.6) is 0 Å². The van der Waals surface area contributed by atoms with E-state index in [1.54, 1.807) is 6.20 Å². The van der Waals surface area contributed by atoms with Gasteiger partial charge in [0.05, 0.1) is 0 Å². The molecule has 0 saturated heterocycles. The molecule has 2 aromatic heterocycles. The van der Waals surface area contributed by atoms with E-state index < -0.39 is 0 Å². The van der Waals surface area contributed by atoms with E-state index in [0.29, 0.717) is 12.5 Å². The van der Waals surface area contributed by atoms with E-state index in [0.717, 1.165) is 30.2 Å². The van der Waals surface area contributed by atoms with Crippen molar-refractivity contribution in [2.45, 2.75) is 13.5 Å². The average Bonchev–Trinajstić information content (AvgIpc) is 2.45. The van der Waals surface area contributed by atoms with E-state index in [1.807, 2.05) is 45.4 Å². The summed E-state index contributed by atoms with van der Waals surface area (Å²) >= 11 is 0. The molecule has 0 atom stereocenters. The van der Waals surface area contributed by atoms with Crippen LogP contribution in [-0.4, -0.2) is 47.0 Å². The van der Waals surface area contributed by atoms with Crippen molar-refractivity contribution in [3.05, 3.63) is 41.9 Å². The highest BCUT2D eigenvalue weighted by Crippen LogP contribution is 2.10. The number of rotatable bonds is 7. The van der Waals surface area contributed by atoms with Gasteiger partial charge in [0.1, 0.15) is 5.82 Å². The van der Waals surface area contributed by atoms with E-state index >= 15 is 0 Å². The molecule has 2 rings (SSSR count). The van der Waals surface area contributed by atoms with E-state index in [9.17, 15) is 0 Å². The lowest BCUT2D eigenvalue weighted by molar-refractivity contribution is 0.425. The van der Waals surface area contributed by atoms with Crippen LogP contribution in [-0.2, 0) is 6.54 Å². The predicted molar refractivity (Wildman–Crippen MR) is 85.4 cm³/mol. The van der Waals surface area contributed by atoms with Crippen molar-refractivity contribution in [1.82, 2.24) is 19.9 Å². The number of anilines is 2. The van der Waals surface area contributed by atoms with Gasteiger partial charge in [0, 0.05) is 43.8 Å². The smallest absolute Gasteiger partial charge is 0.224 e. The maximum absolute atomic E-state index is 4.47. The van der Waals surface area contributed by atoms with Crippen molar-refractivity contribution in [1.29, 1.82) is 0 Å². The Morgan fingerprint density at radius 1 is 1.19 bits per heavy atom. The Hall–Kier alpha value is -2.21. The van der Waals surface area contributed by atoms with Crippen LogP contribution in [0.15, 0.2) is 30.6 Å². The second-order valence-electron chi connectivity index (χ2n) is 5.16. The SMILES string of the molecule is Cc1cc(NCc2cccnc2)nc(NCCN(C)C)n1. The van der Waals surface area contributed by atoms with Crippen LogP contribution in [0.3, 0.4) is 0 Å². The van der Waals surface area contributed by atoms with Crippen molar-refractivity contribution in [2.75, 3.05) is 37.8 Å². The second kappa shape index (κ2) is 7.54. The lowest BCUT2D eigenvalue weighted by Gasteiger charge is -2.12. The highest BCUT2D eigenvalue weighted by atomic mass is 15.2. The van der Waals surface area contributed by atoms with Crippen molar-refractivity contribution in [2.24, 2.45) is 0 Å². The van der Waals surface area contributed by atoms with Gasteiger partial charge >= 0.3 is 0 Å². The van der Waals surface area contributed by atoms with Gasteiger partial charge in [0.15, 0.2) is 0 Å². The van der Waals surface area contributed by atoms with Gasteiger partial charge in [0.2, 0.25) is 5.95 Å². The number of pyridine rings is 1. The molecule has 0 radical (unpaired) electrons. The molecular weight excluding hydrogens is 264 g/mol. The lowest BCUT2D eigenvalue weighted by atomic mass is 10.3. The van der Waals surface area contributed by atoms with Gasteiger partial charge in [-0.2, -0.15) is 4.98 Å². The molecule has 2 N–H and O–H groups in total. The summed E-state index contributed by atoms with van der Waals surface area (Å²) in [4.78, 5) is 15.1. The van der Waals surface area contributed by atoms with Gasteiger partial charge in [-0.15, -0.1) is 0 Å². The van der Waals surface area contributed by atoms with E-state index in [-0.39, 0.29) is 0 Å². The first-order valence-corrected chi connectivity index (χ1v) is 7.00. The summed E-state index contributed by atoms with van der Waals surface area (Å²) in [7, 11) is 4.08. The third-order valence-electron chi connectivity index (χ3n) is 2.89. The summed E-state index contributed by atoms with van der Waals surface area (Å²) in [5.74, 6) is 1.48. The van der Waals surface area contributed by atoms with E-state index in [4.69, 9.17) is 0 Å². The fourth-order valence-electron chi connectivity index (χ4n) is 1.82. The Bertz CT molecular complexity index is 555. The van der Waals surface area contributed by atoms with Gasteiger partial charge in [-0.25, -0.2) is 4.98 Å². The minimum absolute atomic E-state index is 0.658. The number of hydrogen-bond acceptors (Lipinski definition) is 6. The fraction of sp³-hybridized carbons (Fsp3) is 0.400. The number of nitrogens with zero attached hydrogens (tertiary/aromatic N) is 4. The molecule has 0 unspecified atom stereocenters. The minimum Gasteiger partial charge on any atom is -0.366 e. The van der Waals surface area contributed by atoms with Crippen molar-refractivity contribution < 1.29 is 0 Å². The molecule has 0 amide bonds. The van der Waals surface area contributed by atoms with Crippen molar-refractivity contribution in [3.63, 3.8) is 0 Å². The largest absolute Gasteiger partial charge is 0.366 e. The molecule has 2 aromatic rings. The molecule has 0 aliphatic heterocycles. The molecule has 2 heterocycles. The average molecular weight is 286 g/mol. The normalized spacial score (nSPS) is 10.7. The predicted octanol–water partition coefficient (Wildman–Crippen LogP) is 1.77. The number of aryl methyl sites for hydroxylation is 1. The fourth-order valence-corrected chi connectivity index (χ4v) is 1.82. The van der Waals surface area contributed by atoms with Gasteiger partial charge < -0.3 is 15.5 Å². The zero-order valence-corrected chi connectivity index (χ0v) is 12.8. The van der Waals surface area contributed by atoms with Crippen LogP contribution in [0.1, 0.15) is 11.3 Å². The highest BCUT2D eigenvalue weighted by molar-refractivity contribution is 5.42. The molecule has 0 aliphatic carbocycles. The van der Waals surface area contributed by atoms with Gasteiger partial charge in [0.25, 0.3) is 0 Å². The number of aromatic nitrogens is 3. The summed E-state index contributed by atoms with van der Waals surface area (Å²) in [6, 6.07) is 5.90. The monoisotopic (exact) mass is 286 g/mol. The Kier molecular flexibility index (Phi) is 5.45. The lowest BCUT2D eigenvalue weighted by Crippen LogP contribution is -2.21. The zero-order chi connectivity index (χ0) is 15.1. The standard InChI is InChI=1S/C15H22N6/c1-12-9-14(18-11-13-5-4-6-16-10-13)20-15(19-12)17-7-8-21(2)3/h4-6,9-10H,7-8,11H2,1-3H3,(H2,17,18,19,20). The molecule has 0 saturated carbocycles. The van der Waals surface area contributed by atoms with Crippen LogP contribution < -0.4 is 10.6 Å². The zero-order valence-electron chi connectivity index (χ0n) is 12.8. The third kappa shape index (κ3) is 5.35. The summed E-state index contributed by atoms with van der Waals surface area (Å²) in [5, 5.41) is 6.54. The summed E-state index contributed by atoms with van der Waals surface area (Å²) in [5.41, 5.74) is 2.06. The molecule has 6 nitrogen and oxygen atoms in total. The highest BCUT2D eigenvalue weighted by Gasteiger charge is 2.02. The topological polar surface area (TPSA) is 66.0 Å². The Labute approximate surface area is 125 Å². The molecule has 0 fully saturated rings. The van der Waals surface area contributed by atoms with E-state index in [1.165, 1.54) is 0 Å². The molecule has 21 heavy (non-hydrogen) atoms. The Morgan fingerprint density at radius 3 is 2.76 bits per heavy atom. The van der Waals surface area contributed by atoms with Crippen LogP contribution >= 0.6 is 0 Å². The van der Waals surface area contributed by atoms with Crippen molar-refractivity contribution >= 4 is 11.8 Å². The van der Waals surface area contributed by atoms with Crippen LogP contribution in [0.2, 0.25) is 0 Å². The maximum atomic E-state index is 4.47. The molecule has 112 valence electrons. The molecule has 0 aliphatic rings. The van der Waals surface area contributed by atoms with E-state index in [2.05, 4.69) is 30.5 Å². The number of likely N-dealkylation sites (N-methyl/N-ethyl adjacent to an activating group) is 1. The molecule has 0 spiro atoms. The minimum atomic E-state index is 0.658. The summed E-state index contributed by atoms with van der Waals surface area (Å²) in [6.07, 6.45) is 3.61. The van der Waals surface area contributed by atoms with Gasteiger partial charge in [-0.1, -0.05) is 6.07 Å². The molecule has 0 aromatic carbocycles. The third-order valence-corrected chi connectivity index (χ3v) is 2.89. The quantitative estimate of drug-likeness (QED) is 0.808. The first kappa shape index (κ1) is 15.2. The second-order valence-corrected chi connectivity index (χ2v) is 5.16. The first-order chi connectivity index (χ1) is 10.1. The van der Waals surface area contributed by atoms with Gasteiger partial charge in [-0.3, -0.25) is 4.98 Å². The maximum Gasteiger partial charge on any atom is 0.224 e. The Balaban J connectivity index is 1.94. The molecular formula is C15H22N6. The molecule has 0 bridgehead atoms. The Morgan fingerprint density at radius 2 is 2.05 bits per heavy atom.